The fraction of sp³-hybridized carbons (Fsp3) is 0.400. The van der Waals surface area contributed by atoms with Crippen molar-refractivity contribution in [3.05, 3.63) is 95.1 Å². The standard InChI is InChI=1S/C40H48O11/c1-21-22(2)40(28-12-16-33(36(20-28)48-8)50-24(4)38(44)26-10-14-31(45-5)34(18-26)46-6)51-39(21)27-11-15-32(35(19-27)47-7)49-23(3)37(43)25-9-13-29(41)30(42)17-25/h9-24,37-44H,1-8H3/t21-,22-,23-,24-,37+,38+,39+,40+/m1/s1. The Hall–Kier alpha value is -4.84. The summed E-state index contributed by atoms with van der Waals surface area (Å²) in [7, 11) is 6.24. The lowest BCUT2D eigenvalue weighted by atomic mass is 9.85. The Labute approximate surface area is 298 Å². The molecule has 1 fully saturated rings. The van der Waals surface area contributed by atoms with Crippen LogP contribution in [0.15, 0.2) is 72.8 Å². The van der Waals surface area contributed by atoms with Crippen molar-refractivity contribution in [2.45, 2.75) is 64.3 Å². The van der Waals surface area contributed by atoms with Crippen LogP contribution in [-0.4, -0.2) is 61.1 Å². The van der Waals surface area contributed by atoms with E-state index >= 15 is 0 Å². The summed E-state index contributed by atoms with van der Waals surface area (Å²) in [6.45, 7) is 7.82. The summed E-state index contributed by atoms with van der Waals surface area (Å²) in [6.07, 6.45) is -3.79. The monoisotopic (exact) mass is 704 g/mol. The minimum atomic E-state index is -1.07. The third kappa shape index (κ3) is 7.90. The van der Waals surface area contributed by atoms with Crippen LogP contribution in [0.4, 0.5) is 0 Å². The number of aromatic hydroxyl groups is 2. The van der Waals surface area contributed by atoms with E-state index in [9.17, 15) is 20.4 Å². The van der Waals surface area contributed by atoms with Gasteiger partial charge in [-0.05, 0) is 96.5 Å². The Morgan fingerprint density at radius 2 is 0.922 bits per heavy atom. The van der Waals surface area contributed by atoms with Crippen LogP contribution in [0, 0.1) is 11.8 Å². The maximum Gasteiger partial charge on any atom is 0.161 e. The highest BCUT2D eigenvalue weighted by atomic mass is 16.5. The number of benzene rings is 4. The van der Waals surface area contributed by atoms with Crippen LogP contribution >= 0.6 is 0 Å². The summed E-state index contributed by atoms with van der Waals surface area (Å²) in [5.41, 5.74) is 2.88. The topological polar surface area (TPSA) is 146 Å². The molecule has 8 atom stereocenters. The van der Waals surface area contributed by atoms with Gasteiger partial charge in [-0.3, -0.25) is 0 Å². The van der Waals surface area contributed by atoms with Crippen molar-refractivity contribution in [3.63, 3.8) is 0 Å². The Bertz CT molecular complexity index is 1790. The molecule has 0 spiro atoms. The van der Waals surface area contributed by atoms with E-state index in [2.05, 4.69) is 13.8 Å². The van der Waals surface area contributed by atoms with Crippen molar-refractivity contribution >= 4 is 0 Å². The van der Waals surface area contributed by atoms with Crippen LogP contribution in [0.25, 0.3) is 0 Å². The van der Waals surface area contributed by atoms with E-state index in [1.807, 2.05) is 30.3 Å². The second-order valence-electron chi connectivity index (χ2n) is 12.9. The van der Waals surface area contributed by atoms with E-state index in [0.29, 0.717) is 45.6 Å². The summed E-state index contributed by atoms with van der Waals surface area (Å²) in [4.78, 5) is 0. The van der Waals surface area contributed by atoms with Crippen LogP contribution < -0.4 is 28.4 Å². The Morgan fingerprint density at radius 1 is 0.510 bits per heavy atom. The van der Waals surface area contributed by atoms with Gasteiger partial charge < -0.3 is 53.6 Å². The van der Waals surface area contributed by atoms with Crippen molar-refractivity contribution in [1.29, 1.82) is 0 Å². The zero-order valence-corrected chi connectivity index (χ0v) is 30.2. The van der Waals surface area contributed by atoms with Crippen molar-refractivity contribution in [1.82, 2.24) is 0 Å². The summed E-state index contributed by atoms with van der Waals surface area (Å²) in [5, 5.41) is 41.4. The van der Waals surface area contributed by atoms with Crippen LogP contribution in [0.2, 0.25) is 0 Å². The highest BCUT2D eigenvalue weighted by molar-refractivity contribution is 5.47. The largest absolute Gasteiger partial charge is 0.504 e. The summed E-state index contributed by atoms with van der Waals surface area (Å²) < 4.78 is 41.1. The average Bonchev–Trinajstić information content (AvgIpc) is 3.44. The Balaban J connectivity index is 1.29. The minimum Gasteiger partial charge on any atom is -0.504 e. The first kappa shape index (κ1) is 37.4. The van der Waals surface area contributed by atoms with E-state index in [1.54, 1.807) is 66.6 Å². The molecule has 0 radical (unpaired) electrons. The van der Waals surface area contributed by atoms with Gasteiger partial charge in [-0.2, -0.15) is 0 Å². The van der Waals surface area contributed by atoms with Gasteiger partial charge in [0.1, 0.15) is 24.4 Å². The van der Waals surface area contributed by atoms with Crippen molar-refractivity contribution in [3.8, 4) is 46.0 Å². The van der Waals surface area contributed by atoms with Gasteiger partial charge in [-0.25, -0.2) is 0 Å². The first-order valence-electron chi connectivity index (χ1n) is 16.8. The molecule has 274 valence electrons. The van der Waals surface area contributed by atoms with E-state index in [0.717, 1.165) is 11.1 Å². The Morgan fingerprint density at radius 3 is 1.37 bits per heavy atom. The fourth-order valence-electron chi connectivity index (χ4n) is 6.47. The number of aliphatic hydroxyl groups excluding tert-OH is 2. The summed E-state index contributed by atoms with van der Waals surface area (Å²) >= 11 is 0. The van der Waals surface area contributed by atoms with Gasteiger partial charge in [0.25, 0.3) is 0 Å². The van der Waals surface area contributed by atoms with Crippen LogP contribution in [0.5, 0.6) is 46.0 Å². The average molecular weight is 705 g/mol. The minimum absolute atomic E-state index is 0.146. The summed E-state index contributed by atoms with van der Waals surface area (Å²) in [5.74, 6) is 2.73. The van der Waals surface area contributed by atoms with E-state index in [-0.39, 0.29) is 35.5 Å². The lowest BCUT2D eigenvalue weighted by molar-refractivity contribution is 0.0281. The number of aliphatic hydroxyl groups is 2. The molecule has 0 aromatic heterocycles. The molecule has 51 heavy (non-hydrogen) atoms. The molecular formula is C40H48O11. The molecule has 0 bridgehead atoms. The molecule has 1 heterocycles. The van der Waals surface area contributed by atoms with Gasteiger partial charge in [-0.15, -0.1) is 0 Å². The lowest BCUT2D eigenvalue weighted by Crippen LogP contribution is -2.22. The molecule has 11 nitrogen and oxygen atoms in total. The van der Waals surface area contributed by atoms with E-state index < -0.39 is 24.4 Å². The smallest absolute Gasteiger partial charge is 0.161 e. The number of rotatable bonds is 14. The van der Waals surface area contributed by atoms with E-state index in [1.165, 1.54) is 18.2 Å². The van der Waals surface area contributed by atoms with Crippen molar-refractivity contribution in [2.75, 3.05) is 28.4 Å². The zero-order chi connectivity index (χ0) is 37.0. The molecule has 4 aromatic rings. The normalized spacial score (nSPS) is 20.9. The van der Waals surface area contributed by atoms with Gasteiger partial charge in [-0.1, -0.05) is 38.1 Å². The molecule has 11 heteroatoms. The lowest BCUT2D eigenvalue weighted by Gasteiger charge is -2.24. The second kappa shape index (κ2) is 16.0. The SMILES string of the molecule is COc1ccc([C@@H](O)[C@@H](C)Oc2ccc([C@H]3O[C@H](c4ccc(O[C@H](C)[C@H](O)c5ccc(O)c(O)c5)c(OC)c4)[C@H](C)[C@H]3C)cc2OC)cc1OC. The highest BCUT2D eigenvalue weighted by Crippen LogP contribution is 2.51. The number of ether oxygens (including phenoxy) is 7. The predicted molar refractivity (Wildman–Crippen MR) is 190 cm³/mol. The summed E-state index contributed by atoms with van der Waals surface area (Å²) in [6, 6.07) is 20.7. The van der Waals surface area contributed by atoms with Gasteiger partial charge in [0.2, 0.25) is 0 Å². The predicted octanol–water partition coefficient (Wildman–Crippen LogP) is 7.22. The first-order chi connectivity index (χ1) is 24.4. The van der Waals surface area contributed by atoms with Gasteiger partial charge >= 0.3 is 0 Å². The first-order valence-corrected chi connectivity index (χ1v) is 16.8. The zero-order valence-electron chi connectivity index (χ0n) is 30.2. The number of hydrogen-bond donors (Lipinski definition) is 4. The van der Waals surface area contributed by atoms with Crippen LogP contribution in [0.1, 0.15) is 74.4 Å². The molecule has 0 unspecified atom stereocenters. The van der Waals surface area contributed by atoms with Crippen molar-refractivity contribution in [2.24, 2.45) is 11.8 Å². The number of hydrogen-bond acceptors (Lipinski definition) is 11. The van der Waals surface area contributed by atoms with Crippen LogP contribution in [0.3, 0.4) is 0 Å². The Kier molecular flexibility index (Phi) is 11.7. The third-order valence-corrected chi connectivity index (χ3v) is 9.72. The molecule has 0 saturated carbocycles. The number of phenols is 2. The highest BCUT2D eigenvalue weighted by Gasteiger charge is 2.41. The third-order valence-electron chi connectivity index (χ3n) is 9.72. The molecular weight excluding hydrogens is 656 g/mol. The molecule has 0 amide bonds. The fourth-order valence-corrected chi connectivity index (χ4v) is 6.47. The van der Waals surface area contributed by atoms with Crippen molar-refractivity contribution < 1.29 is 53.6 Å². The molecule has 0 aliphatic carbocycles. The molecule has 4 N–H and O–H groups in total. The molecule has 1 aliphatic heterocycles. The quantitative estimate of drug-likeness (QED) is 0.0988. The van der Waals surface area contributed by atoms with Gasteiger partial charge in [0, 0.05) is 0 Å². The molecule has 1 saturated heterocycles. The maximum atomic E-state index is 11.1. The number of phenolic OH excluding ortho intramolecular Hbond substituents is 2. The van der Waals surface area contributed by atoms with Crippen LogP contribution in [-0.2, 0) is 4.74 Å². The molecule has 5 rings (SSSR count). The second-order valence-corrected chi connectivity index (χ2v) is 12.9. The molecule has 4 aromatic carbocycles. The maximum absolute atomic E-state index is 11.1. The van der Waals surface area contributed by atoms with Gasteiger partial charge in [0.05, 0.1) is 40.6 Å². The molecule has 1 aliphatic rings. The number of methoxy groups -OCH3 is 4. The van der Waals surface area contributed by atoms with E-state index in [4.69, 9.17) is 33.2 Å². The van der Waals surface area contributed by atoms with Gasteiger partial charge in [0.15, 0.2) is 46.0 Å².